The molecule has 1 rings (SSSR count). The van der Waals surface area contributed by atoms with E-state index in [-0.39, 0.29) is 24.2 Å². The van der Waals surface area contributed by atoms with Gasteiger partial charge >= 0.3 is 0 Å². The lowest BCUT2D eigenvalue weighted by molar-refractivity contribution is -0.131. The van der Waals surface area contributed by atoms with Crippen LogP contribution in [-0.4, -0.2) is 35.7 Å². The number of carbonyl (C=O) groups excluding carboxylic acids is 3. The van der Waals surface area contributed by atoms with Crippen molar-refractivity contribution in [2.24, 2.45) is 17.4 Å². The van der Waals surface area contributed by atoms with Crippen molar-refractivity contribution in [2.45, 2.75) is 62.8 Å². The maximum Gasteiger partial charge on any atom is 0.243 e. The summed E-state index contributed by atoms with van der Waals surface area (Å²) in [6, 6.07) is -0.628. The lowest BCUT2D eigenvalue weighted by atomic mass is 10.0. The number of hydrogen-bond acceptors (Lipinski definition) is 5. The van der Waals surface area contributed by atoms with E-state index in [0.29, 0.717) is 13.0 Å². The molecule has 0 aromatic rings. The predicted octanol–water partition coefficient (Wildman–Crippen LogP) is 0.0379. The second kappa shape index (κ2) is 10.5. The van der Waals surface area contributed by atoms with E-state index in [1.165, 1.54) is 0 Å². The van der Waals surface area contributed by atoms with Gasteiger partial charge in [-0.2, -0.15) is 12.6 Å². The van der Waals surface area contributed by atoms with Crippen molar-refractivity contribution in [1.82, 2.24) is 10.6 Å². The number of nitrogens with two attached hydrogens (primary N) is 2. The van der Waals surface area contributed by atoms with Crippen LogP contribution in [0.25, 0.3) is 0 Å². The monoisotopic (exact) mass is 344 g/mol. The van der Waals surface area contributed by atoms with Gasteiger partial charge in [-0.25, -0.2) is 0 Å². The number of rotatable bonds is 10. The highest BCUT2D eigenvalue weighted by atomic mass is 32.1. The van der Waals surface area contributed by atoms with Crippen LogP contribution in [0, 0.1) is 5.92 Å². The van der Waals surface area contributed by atoms with Crippen molar-refractivity contribution in [1.29, 1.82) is 0 Å². The van der Waals surface area contributed by atoms with E-state index in [0.717, 1.165) is 38.5 Å². The van der Waals surface area contributed by atoms with E-state index in [1.807, 2.05) is 0 Å². The molecule has 2 unspecified atom stereocenters. The standard InChI is InChI=1S/C15H28N4O3S/c16-8-4-3-7-11(15(22)19-13(23)9-12(17)20)18-14(21)10-5-1-2-6-10/h10-11,13,23H,1-9,16H2,(H2,17,20)(H,18,21)(H,19,22). The minimum Gasteiger partial charge on any atom is -0.370 e. The first-order valence-corrected chi connectivity index (χ1v) is 8.73. The molecule has 1 saturated carbocycles. The van der Waals surface area contributed by atoms with Crippen molar-refractivity contribution < 1.29 is 14.4 Å². The van der Waals surface area contributed by atoms with Crippen molar-refractivity contribution in [3.63, 3.8) is 0 Å². The van der Waals surface area contributed by atoms with Gasteiger partial charge in [0.05, 0.1) is 11.8 Å². The molecule has 0 aromatic heterocycles. The Labute approximate surface area is 142 Å². The lowest BCUT2D eigenvalue weighted by Gasteiger charge is -2.22. The van der Waals surface area contributed by atoms with Crippen LogP contribution in [0.3, 0.4) is 0 Å². The quantitative estimate of drug-likeness (QED) is 0.218. The summed E-state index contributed by atoms with van der Waals surface area (Å²) in [6.07, 6.45) is 5.85. The average Bonchev–Trinajstić information content (AvgIpc) is 2.99. The number of amides is 3. The average molecular weight is 344 g/mol. The van der Waals surface area contributed by atoms with E-state index in [9.17, 15) is 14.4 Å². The second-order valence-corrected chi connectivity index (χ2v) is 6.65. The Morgan fingerprint density at radius 2 is 1.78 bits per heavy atom. The molecule has 2 atom stereocenters. The Kier molecular flexibility index (Phi) is 9.01. The summed E-state index contributed by atoms with van der Waals surface area (Å²) in [6.45, 7) is 0.543. The van der Waals surface area contributed by atoms with Crippen LogP contribution in [0.2, 0.25) is 0 Å². The molecular formula is C15H28N4O3S. The third-order valence-corrected chi connectivity index (χ3v) is 4.32. The third kappa shape index (κ3) is 7.69. The number of carbonyl (C=O) groups is 3. The SMILES string of the molecule is NCCCCC(NC(=O)C1CCCC1)C(=O)NC(S)CC(N)=O. The Balaban J connectivity index is 2.56. The van der Waals surface area contributed by atoms with Crippen LogP contribution in [0.1, 0.15) is 51.4 Å². The maximum atomic E-state index is 12.3. The minimum absolute atomic E-state index is 0.00257. The molecule has 0 spiro atoms. The summed E-state index contributed by atoms with van der Waals surface area (Å²) >= 11 is 4.13. The number of primary amides is 1. The Bertz CT molecular complexity index is 414. The third-order valence-electron chi connectivity index (χ3n) is 4.01. The molecule has 0 aromatic carbocycles. The van der Waals surface area contributed by atoms with Gasteiger partial charge in [0.25, 0.3) is 0 Å². The smallest absolute Gasteiger partial charge is 0.243 e. The minimum atomic E-state index is -0.652. The van der Waals surface area contributed by atoms with Gasteiger partial charge in [-0.3, -0.25) is 14.4 Å². The van der Waals surface area contributed by atoms with Crippen LogP contribution in [-0.2, 0) is 14.4 Å². The fourth-order valence-corrected chi connectivity index (χ4v) is 3.05. The van der Waals surface area contributed by atoms with E-state index in [2.05, 4.69) is 23.3 Å². The number of unbranched alkanes of at least 4 members (excludes halogenated alkanes) is 1. The van der Waals surface area contributed by atoms with E-state index >= 15 is 0 Å². The maximum absolute atomic E-state index is 12.3. The molecule has 8 heteroatoms. The normalized spacial score (nSPS) is 17.5. The highest BCUT2D eigenvalue weighted by Gasteiger charge is 2.28. The zero-order valence-electron chi connectivity index (χ0n) is 13.4. The summed E-state index contributed by atoms with van der Waals surface area (Å²) < 4.78 is 0. The molecular weight excluding hydrogens is 316 g/mol. The van der Waals surface area contributed by atoms with Crippen molar-refractivity contribution in [3.05, 3.63) is 0 Å². The largest absolute Gasteiger partial charge is 0.370 e. The molecule has 0 bridgehead atoms. The first-order chi connectivity index (χ1) is 10.9. The highest BCUT2D eigenvalue weighted by molar-refractivity contribution is 7.81. The molecule has 0 aliphatic heterocycles. The predicted molar refractivity (Wildman–Crippen MR) is 91.5 cm³/mol. The van der Waals surface area contributed by atoms with Crippen LogP contribution < -0.4 is 22.1 Å². The summed E-state index contributed by atoms with van der Waals surface area (Å²) in [5.41, 5.74) is 10.6. The number of thiol groups is 1. The number of hydrogen-bond donors (Lipinski definition) is 5. The first kappa shape index (κ1) is 19.8. The molecule has 1 aliphatic carbocycles. The van der Waals surface area contributed by atoms with Gasteiger partial charge in [0.15, 0.2) is 0 Å². The van der Waals surface area contributed by atoms with Crippen LogP contribution in [0.5, 0.6) is 0 Å². The Morgan fingerprint density at radius 1 is 1.13 bits per heavy atom. The van der Waals surface area contributed by atoms with Gasteiger partial charge in [-0.15, -0.1) is 0 Å². The van der Waals surface area contributed by atoms with Gasteiger partial charge < -0.3 is 22.1 Å². The van der Waals surface area contributed by atoms with Crippen molar-refractivity contribution >= 4 is 30.4 Å². The fourth-order valence-electron chi connectivity index (χ4n) is 2.75. The molecule has 0 heterocycles. The molecule has 7 nitrogen and oxygen atoms in total. The summed E-state index contributed by atoms with van der Waals surface area (Å²) in [5, 5.41) is 4.79. The summed E-state index contributed by atoms with van der Waals surface area (Å²) in [7, 11) is 0. The van der Waals surface area contributed by atoms with E-state index in [1.54, 1.807) is 0 Å². The van der Waals surface area contributed by atoms with E-state index < -0.39 is 17.3 Å². The van der Waals surface area contributed by atoms with Gasteiger partial charge in [0.2, 0.25) is 17.7 Å². The topological polar surface area (TPSA) is 127 Å². The second-order valence-electron chi connectivity index (χ2n) is 6.02. The van der Waals surface area contributed by atoms with Gasteiger partial charge in [0.1, 0.15) is 6.04 Å². The molecule has 0 saturated heterocycles. The van der Waals surface area contributed by atoms with Gasteiger partial charge in [-0.1, -0.05) is 12.8 Å². The van der Waals surface area contributed by atoms with Crippen molar-refractivity contribution in [3.8, 4) is 0 Å². The first-order valence-electron chi connectivity index (χ1n) is 8.21. The molecule has 1 aliphatic rings. The highest BCUT2D eigenvalue weighted by Crippen LogP contribution is 2.24. The molecule has 132 valence electrons. The van der Waals surface area contributed by atoms with E-state index in [4.69, 9.17) is 11.5 Å². The molecule has 6 N–H and O–H groups in total. The zero-order chi connectivity index (χ0) is 17.2. The molecule has 1 fully saturated rings. The fraction of sp³-hybridized carbons (Fsp3) is 0.800. The van der Waals surface area contributed by atoms with Gasteiger partial charge in [0, 0.05) is 5.92 Å². The van der Waals surface area contributed by atoms with Crippen molar-refractivity contribution in [2.75, 3.05) is 6.54 Å². The zero-order valence-corrected chi connectivity index (χ0v) is 14.3. The molecule has 23 heavy (non-hydrogen) atoms. The summed E-state index contributed by atoms with van der Waals surface area (Å²) in [4.78, 5) is 35.4. The molecule has 0 radical (unpaired) electrons. The number of nitrogens with one attached hydrogen (secondary N) is 2. The summed E-state index contributed by atoms with van der Waals surface area (Å²) in [5.74, 6) is -0.951. The van der Waals surface area contributed by atoms with Crippen LogP contribution >= 0.6 is 12.6 Å². The molecule has 3 amide bonds. The lowest BCUT2D eigenvalue weighted by Crippen LogP contribution is -2.50. The Morgan fingerprint density at radius 3 is 2.35 bits per heavy atom. The van der Waals surface area contributed by atoms with Crippen LogP contribution in [0.4, 0.5) is 0 Å². The van der Waals surface area contributed by atoms with Gasteiger partial charge in [-0.05, 0) is 38.6 Å². The van der Waals surface area contributed by atoms with Crippen LogP contribution in [0.15, 0.2) is 0 Å². The Hall–Kier alpha value is -1.28.